The molecule has 0 aliphatic heterocycles. The van der Waals surface area contributed by atoms with E-state index in [2.05, 4.69) is 20.8 Å². The number of aromatic nitrogens is 1. The highest BCUT2D eigenvalue weighted by atomic mass is 79.9. The molecule has 0 amide bonds. The summed E-state index contributed by atoms with van der Waals surface area (Å²) in [5.74, 6) is 0. The van der Waals surface area contributed by atoms with Crippen LogP contribution in [-0.2, 0) is 6.54 Å². The number of rotatable bonds is 6. The summed E-state index contributed by atoms with van der Waals surface area (Å²) in [6.45, 7) is 2.84. The second kappa shape index (κ2) is 7.10. The zero-order valence-electron chi connectivity index (χ0n) is 10.7. The van der Waals surface area contributed by atoms with Crippen LogP contribution in [0.4, 0.5) is 0 Å². The molecule has 2 rings (SSSR count). The van der Waals surface area contributed by atoms with E-state index in [-0.39, 0.29) is 5.56 Å². The van der Waals surface area contributed by atoms with Gasteiger partial charge in [-0.1, -0.05) is 34.8 Å². The maximum absolute atomic E-state index is 11.6. The van der Waals surface area contributed by atoms with Crippen molar-refractivity contribution >= 4 is 15.9 Å². The number of hydrogen-bond donors (Lipinski definition) is 0. The number of hydrogen-bond acceptors (Lipinski definition) is 2. The second-order valence-corrected chi connectivity index (χ2v) is 5.69. The third-order valence-corrected chi connectivity index (χ3v) is 4.09. The topological polar surface area (TPSA) is 25.2 Å². The number of pyridine rings is 1. The third kappa shape index (κ3) is 3.69. The first-order valence-electron chi connectivity index (χ1n) is 6.77. The Morgan fingerprint density at radius 3 is 2.72 bits per heavy atom. The van der Waals surface area contributed by atoms with Crippen LogP contribution in [0.2, 0.25) is 0 Å². The number of alkyl halides is 1. The third-order valence-electron chi connectivity index (χ3n) is 3.74. The molecule has 1 fully saturated rings. The minimum absolute atomic E-state index is 0.0997. The van der Waals surface area contributed by atoms with Crippen molar-refractivity contribution in [3.05, 3.63) is 34.7 Å². The van der Waals surface area contributed by atoms with Gasteiger partial charge in [-0.25, -0.2) is 0 Å². The van der Waals surface area contributed by atoms with E-state index in [0.717, 1.165) is 31.0 Å². The molecule has 1 aliphatic rings. The average Bonchev–Trinajstić information content (AvgIpc) is 2.90. The average molecular weight is 313 g/mol. The van der Waals surface area contributed by atoms with Crippen LogP contribution < -0.4 is 5.56 Å². The van der Waals surface area contributed by atoms with E-state index in [0.29, 0.717) is 0 Å². The Kier molecular flexibility index (Phi) is 5.45. The maximum atomic E-state index is 11.6. The van der Waals surface area contributed by atoms with Crippen molar-refractivity contribution < 1.29 is 0 Å². The highest BCUT2D eigenvalue weighted by Crippen LogP contribution is 2.23. The molecule has 0 N–H and O–H groups in total. The van der Waals surface area contributed by atoms with Crippen LogP contribution >= 0.6 is 15.9 Å². The lowest BCUT2D eigenvalue weighted by Crippen LogP contribution is -2.38. The molecular weight excluding hydrogens is 292 g/mol. The molecule has 1 aromatic rings. The lowest BCUT2D eigenvalue weighted by Gasteiger charge is -2.28. The van der Waals surface area contributed by atoms with Gasteiger partial charge in [0.05, 0.1) is 0 Å². The summed E-state index contributed by atoms with van der Waals surface area (Å²) in [5, 5.41) is 1.01. The fraction of sp³-hybridized carbons (Fsp3) is 0.643. The molecule has 100 valence electrons. The van der Waals surface area contributed by atoms with E-state index in [1.54, 1.807) is 16.7 Å². The molecule has 0 bridgehead atoms. The monoisotopic (exact) mass is 312 g/mol. The Morgan fingerprint density at radius 1 is 1.28 bits per heavy atom. The summed E-state index contributed by atoms with van der Waals surface area (Å²) in [5.41, 5.74) is 0.0997. The Labute approximate surface area is 117 Å². The zero-order chi connectivity index (χ0) is 12.8. The van der Waals surface area contributed by atoms with Crippen LogP contribution in [0.5, 0.6) is 0 Å². The smallest absolute Gasteiger partial charge is 0.250 e. The molecule has 0 spiro atoms. The van der Waals surface area contributed by atoms with Gasteiger partial charge in [-0.05, 0) is 18.9 Å². The molecule has 0 radical (unpaired) electrons. The SMILES string of the molecule is O=c1ccccn1CCN(CCBr)C1CCCC1. The molecule has 18 heavy (non-hydrogen) atoms. The standard InChI is InChI=1S/C14H21BrN2O/c15-8-10-16(13-5-1-2-6-13)11-12-17-9-4-3-7-14(17)18/h3-4,7,9,13H,1-2,5-6,8,10-12H2. The van der Waals surface area contributed by atoms with Gasteiger partial charge in [0.1, 0.15) is 0 Å². The van der Waals surface area contributed by atoms with E-state index in [1.165, 1.54) is 25.7 Å². The number of nitrogens with zero attached hydrogens (tertiary/aromatic N) is 2. The van der Waals surface area contributed by atoms with Crippen LogP contribution in [0.15, 0.2) is 29.2 Å². The minimum Gasteiger partial charge on any atom is -0.314 e. The van der Waals surface area contributed by atoms with Gasteiger partial charge in [-0.3, -0.25) is 9.69 Å². The quantitative estimate of drug-likeness (QED) is 0.754. The van der Waals surface area contributed by atoms with Crippen LogP contribution in [-0.4, -0.2) is 33.9 Å². The van der Waals surface area contributed by atoms with E-state index in [4.69, 9.17) is 0 Å². The zero-order valence-corrected chi connectivity index (χ0v) is 12.3. The summed E-state index contributed by atoms with van der Waals surface area (Å²) in [6.07, 6.45) is 7.22. The first kappa shape index (κ1) is 13.8. The molecule has 0 atom stereocenters. The first-order valence-corrected chi connectivity index (χ1v) is 7.89. The summed E-state index contributed by atoms with van der Waals surface area (Å²) in [7, 11) is 0. The van der Waals surface area contributed by atoms with Crippen molar-refractivity contribution in [2.24, 2.45) is 0 Å². The van der Waals surface area contributed by atoms with Gasteiger partial charge in [0.15, 0.2) is 0 Å². The predicted octanol–water partition coefficient (Wildman–Crippen LogP) is 2.49. The van der Waals surface area contributed by atoms with Crippen molar-refractivity contribution in [3.63, 3.8) is 0 Å². The Balaban J connectivity index is 1.93. The molecule has 1 aliphatic carbocycles. The van der Waals surface area contributed by atoms with Gasteiger partial charge < -0.3 is 4.57 Å². The van der Waals surface area contributed by atoms with Gasteiger partial charge in [0.2, 0.25) is 0 Å². The van der Waals surface area contributed by atoms with Crippen molar-refractivity contribution in [2.45, 2.75) is 38.3 Å². The summed E-state index contributed by atoms with van der Waals surface area (Å²) in [6, 6.07) is 6.07. The molecule has 3 nitrogen and oxygen atoms in total. The van der Waals surface area contributed by atoms with E-state index >= 15 is 0 Å². The fourth-order valence-electron chi connectivity index (χ4n) is 2.74. The van der Waals surface area contributed by atoms with E-state index in [1.807, 2.05) is 12.3 Å². The van der Waals surface area contributed by atoms with Crippen molar-refractivity contribution in [1.82, 2.24) is 9.47 Å². The first-order chi connectivity index (χ1) is 8.81. The minimum atomic E-state index is 0.0997. The molecule has 0 aromatic carbocycles. The molecular formula is C14H21BrN2O. The Bertz CT molecular complexity index is 412. The highest BCUT2D eigenvalue weighted by molar-refractivity contribution is 9.09. The van der Waals surface area contributed by atoms with Crippen molar-refractivity contribution in [2.75, 3.05) is 18.4 Å². The fourth-order valence-corrected chi connectivity index (χ4v) is 3.19. The normalized spacial score (nSPS) is 16.6. The van der Waals surface area contributed by atoms with Crippen LogP contribution in [0.25, 0.3) is 0 Å². The molecule has 0 unspecified atom stereocenters. The van der Waals surface area contributed by atoms with Gasteiger partial charge in [0, 0.05) is 43.3 Å². The second-order valence-electron chi connectivity index (χ2n) is 4.90. The highest BCUT2D eigenvalue weighted by Gasteiger charge is 2.21. The summed E-state index contributed by atoms with van der Waals surface area (Å²) < 4.78 is 1.80. The van der Waals surface area contributed by atoms with E-state index in [9.17, 15) is 4.79 Å². The van der Waals surface area contributed by atoms with Crippen molar-refractivity contribution in [1.29, 1.82) is 0 Å². The molecule has 1 heterocycles. The van der Waals surface area contributed by atoms with Crippen LogP contribution in [0.3, 0.4) is 0 Å². The number of halogens is 1. The molecule has 1 saturated carbocycles. The van der Waals surface area contributed by atoms with Gasteiger partial charge >= 0.3 is 0 Å². The largest absolute Gasteiger partial charge is 0.314 e. The lowest BCUT2D eigenvalue weighted by molar-refractivity contribution is 0.202. The van der Waals surface area contributed by atoms with Gasteiger partial charge in [0.25, 0.3) is 5.56 Å². The summed E-state index contributed by atoms with van der Waals surface area (Å²) >= 11 is 3.53. The Morgan fingerprint density at radius 2 is 2.06 bits per heavy atom. The molecule has 4 heteroatoms. The predicted molar refractivity (Wildman–Crippen MR) is 78.3 cm³/mol. The summed E-state index contributed by atoms with van der Waals surface area (Å²) in [4.78, 5) is 14.2. The Hall–Kier alpha value is -0.610. The van der Waals surface area contributed by atoms with Gasteiger partial charge in [-0.2, -0.15) is 0 Å². The van der Waals surface area contributed by atoms with Crippen LogP contribution in [0, 0.1) is 0 Å². The van der Waals surface area contributed by atoms with Crippen LogP contribution in [0.1, 0.15) is 25.7 Å². The maximum Gasteiger partial charge on any atom is 0.250 e. The molecule has 0 saturated heterocycles. The van der Waals surface area contributed by atoms with E-state index < -0.39 is 0 Å². The lowest BCUT2D eigenvalue weighted by atomic mass is 10.2. The van der Waals surface area contributed by atoms with Gasteiger partial charge in [-0.15, -0.1) is 0 Å². The molecule has 1 aromatic heterocycles. The van der Waals surface area contributed by atoms with Crippen molar-refractivity contribution in [3.8, 4) is 0 Å².